The number of cyclic esters (lactones) is 1. The Morgan fingerprint density at radius 2 is 1.79 bits per heavy atom. The van der Waals surface area contributed by atoms with Gasteiger partial charge in [0, 0.05) is 29.8 Å². The Balaban J connectivity index is 1.35. The van der Waals surface area contributed by atoms with E-state index in [1.165, 1.54) is 4.90 Å². The molecule has 2 amide bonds. The lowest BCUT2D eigenvalue weighted by Crippen LogP contribution is -2.34. The highest BCUT2D eigenvalue weighted by Gasteiger charge is 2.50. The molecule has 2 aromatic carbocycles. The third-order valence-electron chi connectivity index (χ3n) is 5.63. The van der Waals surface area contributed by atoms with Crippen LogP contribution in [0.1, 0.15) is 32.7 Å². The van der Waals surface area contributed by atoms with Gasteiger partial charge in [0.15, 0.2) is 5.60 Å². The van der Waals surface area contributed by atoms with Gasteiger partial charge >= 0.3 is 12.1 Å². The maximum absolute atomic E-state index is 13.0. The predicted octanol–water partition coefficient (Wildman–Crippen LogP) is 2.56. The number of esters is 1. The maximum Gasteiger partial charge on any atom is 0.414 e. The van der Waals surface area contributed by atoms with Crippen LogP contribution in [0.3, 0.4) is 0 Å². The summed E-state index contributed by atoms with van der Waals surface area (Å²) in [5.41, 5.74) is 1.93. The minimum absolute atomic E-state index is 0.118. The number of carbonyl (C=O) groups is 3. The van der Waals surface area contributed by atoms with Crippen molar-refractivity contribution in [3.05, 3.63) is 65.2 Å². The number of ether oxygens (including phenoxy) is 2. The Morgan fingerprint density at radius 1 is 1.00 bits per heavy atom. The van der Waals surface area contributed by atoms with E-state index >= 15 is 0 Å². The summed E-state index contributed by atoms with van der Waals surface area (Å²) in [4.78, 5) is 40.1. The van der Waals surface area contributed by atoms with Crippen molar-refractivity contribution in [1.29, 1.82) is 0 Å². The number of rotatable bonds is 2. The average Bonchev–Trinajstić information content (AvgIpc) is 3.41. The molecule has 2 saturated heterocycles. The Hall–Kier alpha value is -3.35. The largest absolute Gasteiger partial charge is 0.449 e. The SMILES string of the molecule is O=C1O[C@]2(CCN(C(=O)c3ccc(N4CCOC4=O)cc3)C2)c2ccccc21. The third kappa shape index (κ3) is 2.46. The molecule has 7 heteroatoms. The molecule has 5 rings (SSSR count). The van der Waals surface area contributed by atoms with Gasteiger partial charge in [-0.05, 0) is 30.3 Å². The maximum atomic E-state index is 13.0. The molecule has 3 aliphatic heterocycles. The Morgan fingerprint density at radius 3 is 2.54 bits per heavy atom. The van der Waals surface area contributed by atoms with Gasteiger partial charge in [0.25, 0.3) is 5.91 Å². The fourth-order valence-corrected chi connectivity index (χ4v) is 4.20. The summed E-state index contributed by atoms with van der Waals surface area (Å²) in [6.45, 7) is 1.73. The van der Waals surface area contributed by atoms with Crippen molar-refractivity contribution in [2.45, 2.75) is 12.0 Å². The molecule has 0 radical (unpaired) electrons. The molecule has 28 heavy (non-hydrogen) atoms. The first-order valence-corrected chi connectivity index (χ1v) is 9.24. The Kier molecular flexibility index (Phi) is 3.65. The van der Waals surface area contributed by atoms with Crippen LogP contribution in [0, 0.1) is 0 Å². The van der Waals surface area contributed by atoms with E-state index in [1.54, 1.807) is 35.2 Å². The molecule has 0 aromatic heterocycles. The summed E-state index contributed by atoms with van der Waals surface area (Å²) in [6.07, 6.45) is 0.210. The molecule has 0 unspecified atom stereocenters. The van der Waals surface area contributed by atoms with Gasteiger partial charge < -0.3 is 14.4 Å². The van der Waals surface area contributed by atoms with Gasteiger partial charge in [0.05, 0.1) is 18.7 Å². The molecule has 142 valence electrons. The predicted molar refractivity (Wildman–Crippen MR) is 99.2 cm³/mol. The molecule has 1 spiro atoms. The summed E-state index contributed by atoms with van der Waals surface area (Å²) in [7, 11) is 0. The number of benzene rings is 2. The van der Waals surface area contributed by atoms with Crippen LogP contribution in [0.15, 0.2) is 48.5 Å². The summed E-state index contributed by atoms with van der Waals surface area (Å²) in [5, 5.41) is 0. The van der Waals surface area contributed by atoms with Crippen molar-refractivity contribution in [1.82, 2.24) is 4.90 Å². The van der Waals surface area contributed by atoms with E-state index in [0.717, 1.165) is 5.56 Å². The van der Waals surface area contributed by atoms with Crippen molar-refractivity contribution < 1.29 is 23.9 Å². The van der Waals surface area contributed by atoms with Gasteiger partial charge in [0.2, 0.25) is 0 Å². The summed E-state index contributed by atoms with van der Waals surface area (Å²) < 4.78 is 10.6. The zero-order valence-electron chi connectivity index (χ0n) is 15.1. The zero-order valence-corrected chi connectivity index (χ0v) is 15.1. The molecule has 7 nitrogen and oxygen atoms in total. The van der Waals surface area contributed by atoms with Crippen molar-refractivity contribution >= 4 is 23.7 Å². The number of carbonyl (C=O) groups excluding carboxylic acids is 3. The van der Waals surface area contributed by atoms with Crippen LogP contribution in [0.5, 0.6) is 0 Å². The number of hydrogen-bond donors (Lipinski definition) is 0. The first-order valence-electron chi connectivity index (χ1n) is 9.24. The number of fused-ring (bicyclic) bond motifs is 2. The van der Waals surface area contributed by atoms with Crippen molar-refractivity contribution in [3.8, 4) is 0 Å². The molecular weight excluding hydrogens is 360 g/mol. The van der Waals surface area contributed by atoms with Gasteiger partial charge in [-0.3, -0.25) is 9.69 Å². The number of anilines is 1. The fraction of sp³-hybridized carbons (Fsp3) is 0.286. The van der Waals surface area contributed by atoms with Crippen LogP contribution in [0.25, 0.3) is 0 Å². The van der Waals surface area contributed by atoms with E-state index in [9.17, 15) is 14.4 Å². The van der Waals surface area contributed by atoms with E-state index < -0.39 is 5.60 Å². The van der Waals surface area contributed by atoms with E-state index in [4.69, 9.17) is 9.47 Å². The first-order chi connectivity index (χ1) is 13.6. The van der Waals surface area contributed by atoms with Gasteiger partial charge in [-0.25, -0.2) is 9.59 Å². The Labute approximate surface area is 161 Å². The summed E-state index contributed by atoms with van der Waals surface area (Å²) >= 11 is 0. The molecular formula is C21H18N2O5. The van der Waals surface area contributed by atoms with Gasteiger partial charge in [-0.15, -0.1) is 0 Å². The summed E-state index contributed by atoms with van der Waals surface area (Å²) in [6, 6.07) is 14.3. The minimum Gasteiger partial charge on any atom is -0.449 e. The van der Waals surface area contributed by atoms with Crippen LogP contribution in [-0.2, 0) is 15.1 Å². The van der Waals surface area contributed by atoms with E-state index in [2.05, 4.69) is 0 Å². The second-order valence-corrected chi connectivity index (χ2v) is 7.22. The molecule has 2 aromatic rings. The van der Waals surface area contributed by atoms with Gasteiger partial charge in [-0.1, -0.05) is 18.2 Å². The van der Waals surface area contributed by atoms with E-state index in [0.29, 0.717) is 49.5 Å². The zero-order chi connectivity index (χ0) is 19.3. The van der Waals surface area contributed by atoms with Crippen LogP contribution < -0.4 is 4.90 Å². The fourth-order valence-electron chi connectivity index (χ4n) is 4.20. The monoisotopic (exact) mass is 378 g/mol. The Bertz CT molecular complexity index is 987. The minimum atomic E-state index is -0.747. The third-order valence-corrected chi connectivity index (χ3v) is 5.63. The topological polar surface area (TPSA) is 76.2 Å². The standard InChI is InChI=1S/C21H18N2O5/c24-18(14-5-7-15(8-6-14)23-11-12-27-20(23)26)22-10-9-21(13-22)17-4-2-1-3-16(17)19(25)28-21/h1-8H,9-13H2/t21-/m0/s1. The quantitative estimate of drug-likeness (QED) is 0.751. The average molecular weight is 378 g/mol. The first kappa shape index (κ1) is 16.8. The highest BCUT2D eigenvalue weighted by atomic mass is 16.6. The number of nitrogens with zero attached hydrogens (tertiary/aromatic N) is 2. The second-order valence-electron chi connectivity index (χ2n) is 7.22. The van der Waals surface area contributed by atoms with Crippen LogP contribution in [-0.4, -0.2) is 49.1 Å². The molecule has 3 heterocycles. The lowest BCUT2D eigenvalue weighted by atomic mass is 9.91. The van der Waals surface area contributed by atoms with Crippen molar-refractivity contribution in [2.24, 2.45) is 0 Å². The van der Waals surface area contributed by atoms with Gasteiger partial charge in [0.1, 0.15) is 6.61 Å². The molecule has 0 N–H and O–H groups in total. The number of likely N-dealkylation sites (tertiary alicyclic amines) is 1. The second kappa shape index (κ2) is 6.09. The molecule has 0 bridgehead atoms. The normalized spacial score (nSPS) is 23.1. The number of amides is 2. The molecule has 2 fully saturated rings. The molecule has 1 atom stereocenters. The smallest absolute Gasteiger partial charge is 0.414 e. The van der Waals surface area contributed by atoms with E-state index in [-0.39, 0.29) is 18.0 Å². The van der Waals surface area contributed by atoms with Crippen LogP contribution in [0.4, 0.5) is 10.5 Å². The lowest BCUT2D eigenvalue weighted by molar-refractivity contribution is -0.00306. The summed E-state index contributed by atoms with van der Waals surface area (Å²) in [5.74, 6) is -0.445. The molecule has 0 aliphatic carbocycles. The highest BCUT2D eigenvalue weighted by molar-refractivity contribution is 5.97. The van der Waals surface area contributed by atoms with Gasteiger partial charge in [-0.2, -0.15) is 0 Å². The van der Waals surface area contributed by atoms with Crippen molar-refractivity contribution in [3.63, 3.8) is 0 Å². The van der Waals surface area contributed by atoms with Crippen molar-refractivity contribution in [2.75, 3.05) is 31.1 Å². The molecule has 3 aliphatic rings. The number of hydrogen-bond acceptors (Lipinski definition) is 5. The van der Waals surface area contributed by atoms with E-state index in [1.807, 2.05) is 18.2 Å². The highest BCUT2D eigenvalue weighted by Crippen LogP contribution is 2.43. The van der Waals surface area contributed by atoms with Crippen LogP contribution in [0.2, 0.25) is 0 Å². The lowest BCUT2D eigenvalue weighted by Gasteiger charge is -2.24. The molecule has 0 saturated carbocycles. The van der Waals surface area contributed by atoms with Crippen LogP contribution >= 0.6 is 0 Å².